The zero-order valence-corrected chi connectivity index (χ0v) is 17.1. The first kappa shape index (κ1) is 18.7. The summed E-state index contributed by atoms with van der Waals surface area (Å²) in [7, 11) is -1.46. The molecule has 4 rings (SSSR count). The molecule has 0 spiro atoms. The van der Waals surface area contributed by atoms with Gasteiger partial charge in [0.25, 0.3) is 0 Å². The van der Waals surface area contributed by atoms with Gasteiger partial charge >= 0.3 is 0 Å². The Balaban J connectivity index is 1.65. The van der Waals surface area contributed by atoms with Gasteiger partial charge in [-0.05, 0) is 29.8 Å². The summed E-state index contributed by atoms with van der Waals surface area (Å²) >= 11 is 7.67. The van der Waals surface area contributed by atoms with Crippen LogP contribution in [0.4, 0.5) is 5.69 Å². The van der Waals surface area contributed by atoms with Crippen molar-refractivity contribution in [3.05, 3.63) is 59.1 Å². The lowest BCUT2D eigenvalue weighted by Crippen LogP contribution is -2.39. The molecule has 0 aliphatic carbocycles. The van der Waals surface area contributed by atoms with Gasteiger partial charge < -0.3 is 9.64 Å². The van der Waals surface area contributed by atoms with Crippen LogP contribution in [-0.4, -0.2) is 44.3 Å². The Kier molecular flexibility index (Phi) is 5.09. The Labute approximate surface area is 168 Å². The number of fused-ring (bicyclic) bond motifs is 1. The van der Waals surface area contributed by atoms with Crippen LogP contribution in [0.3, 0.4) is 0 Å². The van der Waals surface area contributed by atoms with E-state index in [1.807, 2.05) is 53.4 Å². The summed E-state index contributed by atoms with van der Waals surface area (Å²) in [4.78, 5) is 6.79. The highest BCUT2D eigenvalue weighted by Gasteiger charge is 2.47. The Bertz CT molecular complexity index is 994. The van der Waals surface area contributed by atoms with Crippen LogP contribution in [0, 0.1) is 0 Å². The average molecular weight is 423 g/mol. The van der Waals surface area contributed by atoms with Gasteiger partial charge in [-0.3, -0.25) is 4.99 Å². The topological polar surface area (TPSA) is 59.0 Å². The first-order valence-corrected chi connectivity index (χ1v) is 11.7. The fraction of sp³-hybridized carbons (Fsp3) is 0.316. The van der Waals surface area contributed by atoms with Gasteiger partial charge in [-0.2, -0.15) is 0 Å². The van der Waals surface area contributed by atoms with Crippen molar-refractivity contribution in [2.75, 3.05) is 23.5 Å². The number of anilines is 1. The van der Waals surface area contributed by atoms with Crippen LogP contribution in [0.2, 0.25) is 5.02 Å². The number of ether oxygens (including phenoxy) is 1. The third-order valence-electron chi connectivity index (χ3n) is 4.71. The van der Waals surface area contributed by atoms with Crippen molar-refractivity contribution in [2.24, 2.45) is 4.99 Å². The van der Waals surface area contributed by atoms with Crippen LogP contribution in [0.25, 0.3) is 0 Å². The van der Waals surface area contributed by atoms with E-state index in [1.54, 1.807) is 18.9 Å². The van der Waals surface area contributed by atoms with Crippen LogP contribution in [0.15, 0.2) is 53.5 Å². The third-order valence-corrected chi connectivity index (χ3v) is 7.68. The van der Waals surface area contributed by atoms with Crippen molar-refractivity contribution in [3.63, 3.8) is 0 Å². The normalized spacial score (nSPS) is 23.2. The molecule has 142 valence electrons. The molecule has 2 aliphatic heterocycles. The molecule has 27 heavy (non-hydrogen) atoms. The van der Waals surface area contributed by atoms with E-state index in [-0.39, 0.29) is 23.6 Å². The van der Waals surface area contributed by atoms with Crippen LogP contribution in [0.5, 0.6) is 5.75 Å². The number of nitrogens with zero attached hydrogens (tertiary/aromatic N) is 2. The first-order valence-electron chi connectivity index (χ1n) is 8.54. The molecule has 0 radical (unpaired) electrons. The number of methoxy groups -OCH3 is 1. The predicted molar refractivity (Wildman–Crippen MR) is 112 cm³/mol. The van der Waals surface area contributed by atoms with Crippen molar-refractivity contribution in [2.45, 2.75) is 17.8 Å². The number of hydrogen-bond donors (Lipinski definition) is 0. The standard InChI is InChI=1S/C19H19ClN2O3S2/c1-25-18-8-3-2-7-16(18)22-17-12-27(23,24)11-15(17)21-19(22)26-10-13-5-4-6-14(20)9-13/h2-9,15,17H,10-12H2,1H3/t15-,17-/m1/s1. The highest BCUT2D eigenvalue weighted by molar-refractivity contribution is 8.13. The molecule has 0 bridgehead atoms. The van der Waals surface area contributed by atoms with Gasteiger partial charge in [-0.15, -0.1) is 0 Å². The second kappa shape index (κ2) is 7.37. The van der Waals surface area contributed by atoms with Crippen molar-refractivity contribution >= 4 is 44.1 Å². The minimum absolute atomic E-state index is 0.102. The van der Waals surface area contributed by atoms with Gasteiger partial charge in [-0.1, -0.05) is 47.6 Å². The molecular weight excluding hydrogens is 404 g/mol. The molecule has 2 heterocycles. The highest BCUT2D eigenvalue weighted by atomic mass is 35.5. The zero-order valence-electron chi connectivity index (χ0n) is 14.7. The fourth-order valence-electron chi connectivity index (χ4n) is 3.52. The van der Waals surface area contributed by atoms with Crippen LogP contribution in [-0.2, 0) is 15.6 Å². The molecule has 0 saturated carbocycles. The summed E-state index contributed by atoms with van der Waals surface area (Å²) in [5.74, 6) is 1.63. The molecule has 1 fully saturated rings. The van der Waals surface area contributed by atoms with E-state index < -0.39 is 9.84 Å². The number of rotatable bonds is 4. The summed E-state index contributed by atoms with van der Waals surface area (Å²) in [6.45, 7) is 0. The van der Waals surface area contributed by atoms with Gasteiger partial charge in [0.15, 0.2) is 15.0 Å². The summed E-state index contributed by atoms with van der Waals surface area (Å²) < 4.78 is 29.8. The minimum Gasteiger partial charge on any atom is -0.495 e. The average Bonchev–Trinajstić information content (AvgIpc) is 3.11. The number of para-hydroxylation sites is 2. The van der Waals surface area contributed by atoms with Crippen molar-refractivity contribution in [1.82, 2.24) is 0 Å². The monoisotopic (exact) mass is 422 g/mol. The number of aliphatic imine (C=N–C) groups is 1. The number of hydrogen-bond acceptors (Lipinski definition) is 6. The predicted octanol–water partition coefficient (Wildman–Crippen LogP) is 3.62. The Morgan fingerprint density at radius 3 is 2.81 bits per heavy atom. The Hall–Kier alpha value is -1.70. The molecule has 2 aromatic rings. The van der Waals surface area contributed by atoms with Gasteiger partial charge in [0.05, 0.1) is 36.4 Å². The summed E-state index contributed by atoms with van der Waals surface area (Å²) in [6.07, 6.45) is 0. The number of sulfone groups is 1. The maximum Gasteiger partial charge on any atom is 0.164 e. The molecule has 0 unspecified atom stereocenters. The van der Waals surface area contributed by atoms with E-state index in [0.29, 0.717) is 16.5 Å². The lowest BCUT2D eigenvalue weighted by atomic mass is 10.1. The number of benzene rings is 2. The third kappa shape index (κ3) is 3.81. The largest absolute Gasteiger partial charge is 0.495 e. The maximum absolute atomic E-state index is 12.2. The van der Waals surface area contributed by atoms with E-state index in [2.05, 4.69) is 0 Å². The molecule has 0 N–H and O–H groups in total. The molecule has 2 aromatic carbocycles. The molecule has 2 aliphatic rings. The molecule has 0 amide bonds. The van der Waals surface area contributed by atoms with E-state index >= 15 is 0 Å². The summed E-state index contributed by atoms with van der Waals surface area (Å²) in [5, 5.41) is 1.52. The second-order valence-electron chi connectivity index (χ2n) is 6.58. The molecular formula is C19H19ClN2O3S2. The van der Waals surface area contributed by atoms with Crippen LogP contribution < -0.4 is 9.64 Å². The molecule has 1 saturated heterocycles. The molecule has 5 nitrogen and oxygen atoms in total. The first-order chi connectivity index (χ1) is 13.0. The maximum atomic E-state index is 12.2. The number of amidine groups is 1. The lowest BCUT2D eigenvalue weighted by molar-refractivity contribution is 0.415. The van der Waals surface area contributed by atoms with Crippen molar-refractivity contribution in [3.8, 4) is 5.75 Å². The Morgan fingerprint density at radius 2 is 2.04 bits per heavy atom. The zero-order chi connectivity index (χ0) is 19.0. The summed E-state index contributed by atoms with van der Waals surface area (Å²) in [6, 6.07) is 15.0. The van der Waals surface area contributed by atoms with Crippen LogP contribution >= 0.6 is 23.4 Å². The van der Waals surface area contributed by atoms with Crippen molar-refractivity contribution in [1.29, 1.82) is 0 Å². The van der Waals surface area contributed by atoms with Gasteiger partial charge in [0.1, 0.15) is 5.75 Å². The van der Waals surface area contributed by atoms with E-state index in [1.165, 1.54) is 0 Å². The van der Waals surface area contributed by atoms with E-state index in [4.69, 9.17) is 21.3 Å². The fourth-order valence-corrected chi connectivity index (χ4v) is 6.63. The lowest BCUT2D eigenvalue weighted by Gasteiger charge is -2.27. The van der Waals surface area contributed by atoms with E-state index in [0.717, 1.165) is 16.4 Å². The summed E-state index contributed by atoms with van der Waals surface area (Å²) in [5.41, 5.74) is 1.95. The second-order valence-corrected chi connectivity index (χ2v) is 10.1. The van der Waals surface area contributed by atoms with E-state index in [9.17, 15) is 8.42 Å². The van der Waals surface area contributed by atoms with Gasteiger partial charge in [0, 0.05) is 10.8 Å². The van der Waals surface area contributed by atoms with Crippen LogP contribution in [0.1, 0.15) is 5.56 Å². The molecule has 2 atom stereocenters. The van der Waals surface area contributed by atoms with Crippen molar-refractivity contribution < 1.29 is 13.2 Å². The van der Waals surface area contributed by atoms with Gasteiger partial charge in [-0.25, -0.2) is 8.42 Å². The SMILES string of the molecule is COc1ccccc1N1C(SCc2cccc(Cl)c2)=N[C@@H]2CS(=O)(=O)C[C@H]21. The number of thioether (sulfide) groups is 1. The molecule has 8 heteroatoms. The smallest absolute Gasteiger partial charge is 0.164 e. The highest BCUT2D eigenvalue weighted by Crippen LogP contribution is 2.39. The Morgan fingerprint density at radius 1 is 1.22 bits per heavy atom. The quantitative estimate of drug-likeness (QED) is 0.753. The number of halogens is 1. The van der Waals surface area contributed by atoms with Gasteiger partial charge in [0.2, 0.25) is 0 Å². The molecule has 0 aromatic heterocycles. The minimum atomic E-state index is -3.08.